The molecule has 140 valence electrons. The summed E-state index contributed by atoms with van der Waals surface area (Å²) in [5.41, 5.74) is -1.13. The second-order valence-electron chi connectivity index (χ2n) is 5.82. The predicted molar refractivity (Wildman–Crippen MR) is 97.6 cm³/mol. The van der Waals surface area contributed by atoms with E-state index in [-0.39, 0.29) is 11.0 Å². The molecule has 0 aliphatic heterocycles. The summed E-state index contributed by atoms with van der Waals surface area (Å²) < 4.78 is 16.2. The highest BCUT2D eigenvalue weighted by Crippen LogP contribution is 2.32. The first kappa shape index (κ1) is 18.2. The maximum absolute atomic E-state index is 11.6. The Hall–Kier alpha value is -3.55. The summed E-state index contributed by atoms with van der Waals surface area (Å²) in [5, 5.41) is 20.8. The van der Waals surface area contributed by atoms with Crippen LogP contribution in [-0.4, -0.2) is 23.2 Å². The van der Waals surface area contributed by atoms with Crippen molar-refractivity contribution in [3.05, 3.63) is 68.6 Å². The smallest absolute Gasteiger partial charge is 0.419 e. The molecule has 0 atom stereocenters. The number of hydrogen-bond acceptors (Lipinski definition) is 7. The molecule has 8 heteroatoms. The molecule has 0 unspecified atom stereocenters. The highest BCUT2D eigenvalue weighted by molar-refractivity contribution is 5.87. The number of benzene rings is 2. The average molecular weight is 371 g/mol. The standard InChI is InChI=1S/C19H17NO7/c1-12-5-2-3-6-15(12)26-10-4-9-25-13-7-8-14-16(11-13)27-19(22)17(18(14)21)20(23)24/h2-3,5-8,11,21H,4,9-10H2,1H3. The van der Waals surface area contributed by atoms with Crippen molar-refractivity contribution in [3.8, 4) is 17.2 Å². The van der Waals surface area contributed by atoms with Gasteiger partial charge in [-0.1, -0.05) is 18.2 Å². The summed E-state index contributed by atoms with van der Waals surface area (Å²) in [6.07, 6.45) is 0.627. The van der Waals surface area contributed by atoms with Gasteiger partial charge in [0.1, 0.15) is 17.1 Å². The van der Waals surface area contributed by atoms with E-state index in [4.69, 9.17) is 13.9 Å². The van der Waals surface area contributed by atoms with Gasteiger partial charge in [0.25, 0.3) is 0 Å². The molecule has 3 rings (SSSR count). The van der Waals surface area contributed by atoms with Gasteiger partial charge in [-0.05, 0) is 30.7 Å². The number of fused-ring (bicyclic) bond motifs is 1. The van der Waals surface area contributed by atoms with Gasteiger partial charge in [0.15, 0.2) is 0 Å². The summed E-state index contributed by atoms with van der Waals surface area (Å²) in [7, 11) is 0. The van der Waals surface area contributed by atoms with Crippen molar-refractivity contribution >= 4 is 16.7 Å². The third kappa shape index (κ3) is 4.00. The van der Waals surface area contributed by atoms with Crippen LogP contribution in [0.5, 0.6) is 17.2 Å². The van der Waals surface area contributed by atoms with Crippen molar-refractivity contribution in [2.24, 2.45) is 0 Å². The number of aryl methyl sites for hydroxylation is 1. The lowest BCUT2D eigenvalue weighted by Crippen LogP contribution is -2.07. The third-order valence-electron chi connectivity index (χ3n) is 3.92. The second kappa shape index (κ2) is 7.77. The second-order valence-corrected chi connectivity index (χ2v) is 5.82. The first-order valence-corrected chi connectivity index (χ1v) is 8.23. The molecule has 0 saturated carbocycles. The molecule has 0 bridgehead atoms. The fraction of sp³-hybridized carbons (Fsp3) is 0.211. The zero-order valence-corrected chi connectivity index (χ0v) is 14.5. The van der Waals surface area contributed by atoms with Crippen molar-refractivity contribution in [3.63, 3.8) is 0 Å². The fourth-order valence-corrected chi connectivity index (χ4v) is 2.56. The lowest BCUT2D eigenvalue weighted by molar-refractivity contribution is -0.388. The van der Waals surface area contributed by atoms with Crippen molar-refractivity contribution in [2.45, 2.75) is 13.3 Å². The highest BCUT2D eigenvalue weighted by atomic mass is 16.6. The Morgan fingerprint density at radius 1 is 1.15 bits per heavy atom. The summed E-state index contributed by atoms with van der Waals surface area (Å²) in [6.45, 7) is 2.80. The normalized spacial score (nSPS) is 10.7. The number of aromatic hydroxyl groups is 1. The third-order valence-corrected chi connectivity index (χ3v) is 3.92. The van der Waals surface area contributed by atoms with E-state index in [2.05, 4.69) is 0 Å². The Balaban J connectivity index is 1.63. The molecule has 0 saturated heterocycles. The van der Waals surface area contributed by atoms with E-state index in [9.17, 15) is 20.0 Å². The maximum atomic E-state index is 11.6. The number of para-hydroxylation sites is 1. The predicted octanol–water partition coefficient (Wildman–Crippen LogP) is 3.56. The van der Waals surface area contributed by atoms with E-state index in [1.54, 1.807) is 0 Å². The molecule has 0 aliphatic carbocycles. The van der Waals surface area contributed by atoms with Crippen LogP contribution in [0, 0.1) is 17.0 Å². The van der Waals surface area contributed by atoms with Crippen LogP contribution < -0.4 is 15.1 Å². The molecule has 27 heavy (non-hydrogen) atoms. The minimum absolute atomic E-state index is 0.0109. The zero-order chi connectivity index (χ0) is 19.4. The van der Waals surface area contributed by atoms with Gasteiger partial charge in [0.05, 0.1) is 23.5 Å². The van der Waals surface area contributed by atoms with Gasteiger partial charge in [0, 0.05) is 12.5 Å². The number of rotatable bonds is 7. The molecule has 2 aromatic carbocycles. The van der Waals surface area contributed by atoms with Crippen LogP contribution in [0.25, 0.3) is 11.0 Å². The lowest BCUT2D eigenvalue weighted by Gasteiger charge is -2.10. The van der Waals surface area contributed by atoms with Gasteiger partial charge in [-0.25, -0.2) is 4.79 Å². The SMILES string of the molecule is Cc1ccccc1OCCCOc1ccc2c(O)c([N+](=O)[O-])c(=O)oc2c1. The molecule has 0 aliphatic rings. The zero-order valence-electron chi connectivity index (χ0n) is 14.5. The van der Waals surface area contributed by atoms with Crippen LogP contribution in [-0.2, 0) is 0 Å². The molecule has 1 aromatic heterocycles. The van der Waals surface area contributed by atoms with Crippen LogP contribution in [0.15, 0.2) is 51.7 Å². The Labute approximate surface area is 153 Å². The molecule has 1 N–H and O–H groups in total. The molecule has 0 amide bonds. The fourth-order valence-electron chi connectivity index (χ4n) is 2.56. The van der Waals surface area contributed by atoms with Crippen LogP contribution >= 0.6 is 0 Å². The first-order chi connectivity index (χ1) is 13.0. The molecule has 0 fully saturated rings. The summed E-state index contributed by atoms with van der Waals surface area (Å²) in [6, 6.07) is 12.1. The van der Waals surface area contributed by atoms with Gasteiger partial charge < -0.3 is 19.0 Å². The Morgan fingerprint density at radius 2 is 1.89 bits per heavy atom. The average Bonchev–Trinajstić information content (AvgIpc) is 2.62. The van der Waals surface area contributed by atoms with Gasteiger partial charge in [-0.3, -0.25) is 10.1 Å². The number of nitrogens with zero attached hydrogens (tertiary/aromatic N) is 1. The van der Waals surface area contributed by atoms with Crippen molar-refractivity contribution in [2.75, 3.05) is 13.2 Å². The van der Waals surface area contributed by atoms with Gasteiger partial charge >= 0.3 is 11.3 Å². The molecular formula is C19H17NO7. The van der Waals surface area contributed by atoms with Gasteiger partial charge in [-0.2, -0.15) is 0 Å². The minimum atomic E-state index is -1.21. The largest absolute Gasteiger partial charge is 0.501 e. The monoisotopic (exact) mass is 371 g/mol. The minimum Gasteiger partial charge on any atom is -0.501 e. The molecule has 1 heterocycles. The Morgan fingerprint density at radius 3 is 2.63 bits per heavy atom. The van der Waals surface area contributed by atoms with Crippen LogP contribution in [0.1, 0.15) is 12.0 Å². The summed E-state index contributed by atoms with van der Waals surface area (Å²) in [4.78, 5) is 21.5. The molecular weight excluding hydrogens is 354 g/mol. The van der Waals surface area contributed by atoms with Crippen molar-refractivity contribution in [1.29, 1.82) is 0 Å². The quantitative estimate of drug-likeness (QED) is 0.292. The molecule has 8 nitrogen and oxygen atoms in total. The van der Waals surface area contributed by atoms with E-state index in [1.165, 1.54) is 18.2 Å². The van der Waals surface area contributed by atoms with Crippen LogP contribution in [0.4, 0.5) is 5.69 Å². The lowest BCUT2D eigenvalue weighted by atomic mass is 10.2. The summed E-state index contributed by atoms with van der Waals surface area (Å²) >= 11 is 0. The highest BCUT2D eigenvalue weighted by Gasteiger charge is 2.24. The molecule has 0 spiro atoms. The number of ether oxygens (including phenoxy) is 2. The van der Waals surface area contributed by atoms with Gasteiger partial charge in [-0.15, -0.1) is 0 Å². The van der Waals surface area contributed by atoms with E-state index >= 15 is 0 Å². The Bertz CT molecular complexity index is 1040. The maximum Gasteiger partial charge on any atom is 0.419 e. The van der Waals surface area contributed by atoms with Crippen LogP contribution in [0.2, 0.25) is 0 Å². The molecule has 0 radical (unpaired) electrons. The van der Waals surface area contributed by atoms with E-state index in [0.717, 1.165) is 11.3 Å². The summed E-state index contributed by atoms with van der Waals surface area (Å²) in [5.74, 6) is 0.515. The first-order valence-electron chi connectivity index (χ1n) is 8.23. The van der Waals surface area contributed by atoms with Crippen LogP contribution in [0.3, 0.4) is 0 Å². The van der Waals surface area contributed by atoms with Crippen molar-refractivity contribution in [1.82, 2.24) is 0 Å². The number of hydrogen-bond donors (Lipinski definition) is 1. The van der Waals surface area contributed by atoms with Crippen molar-refractivity contribution < 1.29 is 23.9 Å². The number of nitro groups is 1. The van der Waals surface area contributed by atoms with Gasteiger partial charge in [0.2, 0.25) is 5.75 Å². The topological polar surface area (TPSA) is 112 Å². The van der Waals surface area contributed by atoms with E-state index < -0.39 is 22.0 Å². The van der Waals surface area contributed by atoms with E-state index in [0.29, 0.717) is 25.4 Å². The van der Waals surface area contributed by atoms with E-state index in [1.807, 2.05) is 31.2 Å². The Kier molecular flexibility index (Phi) is 5.25. The molecule has 3 aromatic rings.